The van der Waals surface area contributed by atoms with Crippen LogP contribution < -0.4 is 0 Å². The number of carbonyl (C=O) groups is 3. The summed E-state index contributed by atoms with van der Waals surface area (Å²) in [6, 6.07) is 0. The monoisotopic (exact) mass is 382 g/mol. The van der Waals surface area contributed by atoms with Gasteiger partial charge in [0, 0.05) is 38.2 Å². The Labute approximate surface area is 158 Å². The maximum absolute atomic E-state index is 12.0. The minimum Gasteiger partial charge on any atom is -0.458 e. The summed E-state index contributed by atoms with van der Waals surface area (Å²) in [5.74, 6) is -1.89. The van der Waals surface area contributed by atoms with Crippen molar-refractivity contribution < 1.29 is 38.7 Å². The Bertz CT molecular complexity index is 667. The van der Waals surface area contributed by atoms with Gasteiger partial charge in [0.1, 0.15) is 23.9 Å². The topological polar surface area (TPSA) is 108 Å². The van der Waals surface area contributed by atoms with Crippen molar-refractivity contribution in [2.45, 2.75) is 70.9 Å². The van der Waals surface area contributed by atoms with Gasteiger partial charge in [-0.3, -0.25) is 14.8 Å². The first-order valence-corrected chi connectivity index (χ1v) is 8.79. The molecule has 8 heteroatoms. The van der Waals surface area contributed by atoms with E-state index in [-0.39, 0.29) is 19.3 Å². The van der Waals surface area contributed by atoms with Crippen LogP contribution in [0.4, 0.5) is 0 Å². The fraction of sp³-hybridized carbons (Fsp3) is 0.632. The number of esters is 3. The highest BCUT2D eigenvalue weighted by atomic mass is 17.1. The van der Waals surface area contributed by atoms with Crippen molar-refractivity contribution in [3.63, 3.8) is 0 Å². The molecule has 2 rings (SSSR count). The molecule has 0 spiro atoms. The summed E-state index contributed by atoms with van der Waals surface area (Å²) in [4.78, 5) is 39.8. The predicted octanol–water partition coefficient (Wildman–Crippen LogP) is 2.33. The van der Waals surface area contributed by atoms with Crippen molar-refractivity contribution in [1.82, 2.24) is 0 Å². The van der Waals surface area contributed by atoms with Crippen LogP contribution in [0.25, 0.3) is 0 Å². The second-order valence-electron chi connectivity index (χ2n) is 7.42. The average Bonchev–Trinajstić information content (AvgIpc) is 2.79. The summed E-state index contributed by atoms with van der Waals surface area (Å²) in [7, 11) is 0. The second kappa shape index (κ2) is 8.22. The van der Waals surface area contributed by atoms with Crippen LogP contribution in [-0.2, 0) is 33.5 Å². The summed E-state index contributed by atoms with van der Waals surface area (Å²) in [5.41, 5.74) is -0.175. The Balaban J connectivity index is 2.46. The van der Waals surface area contributed by atoms with Crippen LogP contribution >= 0.6 is 0 Å². The maximum Gasteiger partial charge on any atom is 0.334 e. The largest absolute Gasteiger partial charge is 0.458 e. The maximum atomic E-state index is 12.0. The highest BCUT2D eigenvalue weighted by Gasteiger charge is 2.46. The Morgan fingerprint density at radius 3 is 2.44 bits per heavy atom. The molecule has 1 heterocycles. The zero-order chi connectivity index (χ0) is 20.4. The second-order valence-corrected chi connectivity index (χ2v) is 7.42. The van der Waals surface area contributed by atoms with E-state index in [0.717, 1.165) is 0 Å². The summed E-state index contributed by atoms with van der Waals surface area (Å²) in [6.45, 7) is 9.78. The van der Waals surface area contributed by atoms with Crippen molar-refractivity contribution in [1.29, 1.82) is 0 Å². The van der Waals surface area contributed by atoms with E-state index >= 15 is 0 Å². The summed E-state index contributed by atoms with van der Waals surface area (Å²) in [6.07, 6.45) is 0.298. The van der Waals surface area contributed by atoms with Crippen molar-refractivity contribution in [2.75, 3.05) is 0 Å². The lowest BCUT2D eigenvalue weighted by Gasteiger charge is -2.34. The number of rotatable bonds is 3. The molecular weight excluding hydrogens is 356 g/mol. The molecule has 0 aromatic rings. The molecule has 27 heavy (non-hydrogen) atoms. The molecule has 0 aromatic carbocycles. The molecule has 0 saturated carbocycles. The van der Waals surface area contributed by atoms with Gasteiger partial charge in [0.25, 0.3) is 0 Å². The van der Waals surface area contributed by atoms with Crippen LogP contribution in [0.1, 0.15) is 47.0 Å². The zero-order valence-electron chi connectivity index (χ0n) is 16.0. The van der Waals surface area contributed by atoms with Crippen LogP contribution in [0.3, 0.4) is 0 Å². The van der Waals surface area contributed by atoms with Crippen LogP contribution in [0.2, 0.25) is 0 Å². The first kappa shape index (κ1) is 21.1. The zero-order valence-corrected chi connectivity index (χ0v) is 16.0. The van der Waals surface area contributed by atoms with Crippen LogP contribution in [0, 0.1) is 5.92 Å². The fourth-order valence-corrected chi connectivity index (χ4v) is 3.66. The van der Waals surface area contributed by atoms with E-state index in [1.54, 1.807) is 19.9 Å². The lowest BCUT2D eigenvalue weighted by atomic mass is 9.80. The van der Waals surface area contributed by atoms with Gasteiger partial charge < -0.3 is 14.2 Å². The van der Waals surface area contributed by atoms with E-state index in [2.05, 4.69) is 6.58 Å². The smallest absolute Gasteiger partial charge is 0.334 e. The molecule has 1 N–H and O–H groups in total. The Kier molecular flexibility index (Phi) is 6.43. The van der Waals surface area contributed by atoms with Gasteiger partial charge in [0.05, 0.1) is 0 Å². The van der Waals surface area contributed by atoms with Gasteiger partial charge in [-0.15, -0.1) is 0 Å². The van der Waals surface area contributed by atoms with Gasteiger partial charge in [0.15, 0.2) is 0 Å². The van der Waals surface area contributed by atoms with Gasteiger partial charge >= 0.3 is 17.9 Å². The summed E-state index contributed by atoms with van der Waals surface area (Å²) < 4.78 is 16.2. The fourth-order valence-electron chi connectivity index (χ4n) is 3.66. The number of carbonyl (C=O) groups excluding carboxylic acids is 3. The van der Waals surface area contributed by atoms with Crippen LogP contribution in [-0.4, -0.2) is 47.1 Å². The quantitative estimate of drug-likeness (QED) is 0.198. The standard InChI is InChI=1S/C19H26O8/c1-10-6-14(24-12(3)20)8-19(5,27-23)9-17-15(11(2)18(22)26-17)7-16(10)25-13(4)21/h6,14-17,23H,2,7-9H2,1,3-5H3. The first-order valence-electron chi connectivity index (χ1n) is 8.79. The molecule has 0 aromatic heterocycles. The molecule has 150 valence electrons. The van der Waals surface area contributed by atoms with E-state index < -0.39 is 47.7 Å². The van der Waals surface area contributed by atoms with Gasteiger partial charge in [-0.05, 0) is 31.9 Å². The lowest BCUT2D eigenvalue weighted by molar-refractivity contribution is -0.328. The molecule has 1 aliphatic heterocycles. The molecule has 1 saturated heterocycles. The van der Waals surface area contributed by atoms with Gasteiger partial charge in [0.2, 0.25) is 0 Å². The SMILES string of the molecule is C=C1C(=O)OC2CC(C)(OO)CC(OC(C)=O)C=C(C)C(OC(C)=O)CC12. The normalized spacial score (nSPS) is 34.2. The van der Waals surface area contributed by atoms with Crippen LogP contribution in [0.5, 0.6) is 0 Å². The van der Waals surface area contributed by atoms with Gasteiger partial charge in [-0.25, -0.2) is 9.68 Å². The number of ether oxygens (including phenoxy) is 3. The Morgan fingerprint density at radius 2 is 1.89 bits per heavy atom. The predicted molar refractivity (Wildman–Crippen MR) is 93.3 cm³/mol. The van der Waals surface area contributed by atoms with E-state index in [9.17, 15) is 19.6 Å². The lowest BCUT2D eigenvalue weighted by Crippen LogP contribution is -2.40. The van der Waals surface area contributed by atoms with Gasteiger partial charge in [-0.1, -0.05) is 6.58 Å². The molecule has 0 bridgehead atoms. The molecule has 2 aliphatic rings. The summed E-state index contributed by atoms with van der Waals surface area (Å²) >= 11 is 0. The Hall–Kier alpha value is -2.19. The Morgan fingerprint density at radius 1 is 1.26 bits per heavy atom. The summed E-state index contributed by atoms with van der Waals surface area (Å²) in [5, 5.41) is 9.48. The highest BCUT2D eigenvalue weighted by molar-refractivity contribution is 5.90. The van der Waals surface area contributed by atoms with E-state index in [0.29, 0.717) is 11.1 Å². The van der Waals surface area contributed by atoms with E-state index in [4.69, 9.17) is 19.1 Å². The van der Waals surface area contributed by atoms with Crippen LogP contribution in [0.15, 0.2) is 23.8 Å². The van der Waals surface area contributed by atoms with Crippen molar-refractivity contribution in [2.24, 2.45) is 5.92 Å². The third-order valence-electron chi connectivity index (χ3n) is 4.95. The molecule has 0 amide bonds. The number of fused-ring (bicyclic) bond motifs is 1. The molecule has 1 aliphatic carbocycles. The molecule has 1 fully saturated rings. The number of hydrogen-bond acceptors (Lipinski definition) is 8. The molecule has 5 atom stereocenters. The molecule has 8 nitrogen and oxygen atoms in total. The molecule has 0 radical (unpaired) electrons. The van der Waals surface area contributed by atoms with E-state index in [1.165, 1.54) is 13.8 Å². The minimum atomic E-state index is -1.13. The van der Waals surface area contributed by atoms with Crippen molar-refractivity contribution in [3.8, 4) is 0 Å². The number of hydrogen-bond donors (Lipinski definition) is 1. The highest BCUT2D eigenvalue weighted by Crippen LogP contribution is 2.40. The third kappa shape index (κ3) is 5.17. The average molecular weight is 382 g/mol. The first-order chi connectivity index (χ1) is 12.5. The van der Waals surface area contributed by atoms with E-state index in [1.807, 2.05) is 0 Å². The van der Waals surface area contributed by atoms with Gasteiger partial charge in [-0.2, -0.15) is 0 Å². The minimum absolute atomic E-state index is 0.125. The van der Waals surface area contributed by atoms with Crippen molar-refractivity contribution in [3.05, 3.63) is 23.8 Å². The third-order valence-corrected chi connectivity index (χ3v) is 4.95. The molecular formula is C19H26O8. The van der Waals surface area contributed by atoms with Crippen molar-refractivity contribution >= 4 is 17.9 Å². The molecule has 5 unspecified atom stereocenters.